The first-order valence-electron chi connectivity index (χ1n) is 5.46. The molecule has 2 aromatic rings. The summed E-state index contributed by atoms with van der Waals surface area (Å²) in [5.74, 6) is 1.24. The molecule has 1 aromatic heterocycles. The number of furan rings is 1. The second kappa shape index (κ2) is 7.16. The van der Waals surface area contributed by atoms with Crippen molar-refractivity contribution in [1.29, 1.82) is 0 Å². The van der Waals surface area contributed by atoms with Crippen LogP contribution < -0.4 is 5.32 Å². The van der Waals surface area contributed by atoms with Crippen molar-refractivity contribution in [2.45, 2.75) is 6.54 Å². The van der Waals surface area contributed by atoms with Gasteiger partial charge in [0.15, 0.2) is 0 Å². The number of hydrogen-bond acceptors (Lipinski definition) is 3. The largest absolute Gasteiger partial charge is 0.460 e. The normalized spacial score (nSPS) is 10.1. The molecule has 0 fully saturated rings. The number of halogens is 2. The fourth-order valence-corrected chi connectivity index (χ4v) is 1.53. The molecule has 0 atom stereocenters. The van der Waals surface area contributed by atoms with E-state index in [1.165, 1.54) is 12.1 Å². The highest BCUT2D eigenvalue weighted by molar-refractivity contribution is 5.85. The summed E-state index contributed by atoms with van der Waals surface area (Å²) >= 11 is 0. The van der Waals surface area contributed by atoms with Crippen molar-refractivity contribution in [3.8, 4) is 11.3 Å². The van der Waals surface area contributed by atoms with Crippen LogP contribution in [0.3, 0.4) is 0 Å². The Hall–Kier alpha value is -1.36. The van der Waals surface area contributed by atoms with Crippen LogP contribution in [0.1, 0.15) is 5.76 Å². The zero-order valence-corrected chi connectivity index (χ0v) is 10.5. The summed E-state index contributed by atoms with van der Waals surface area (Å²) in [5, 5.41) is 11.6. The summed E-state index contributed by atoms with van der Waals surface area (Å²) in [6.07, 6.45) is 0. The molecule has 0 unspecified atom stereocenters. The quantitative estimate of drug-likeness (QED) is 0.822. The molecule has 0 aliphatic heterocycles. The van der Waals surface area contributed by atoms with Gasteiger partial charge in [0.2, 0.25) is 0 Å². The van der Waals surface area contributed by atoms with Crippen LogP contribution in [0.2, 0.25) is 0 Å². The molecule has 0 aliphatic carbocycles. The molecular weight excluding hydrogens is 257 g/mol. The van der Waals surface area contributed by atoms with Crippen LogP contribution >= 0.6 is 12.4 Å². The van der Waals surface area contributed by atoms with Gasteiger partial charge in [0, 0.05) is 12.1 Å². The maximum atomic E-state index is 12.7. The molecule has 0 saturated heterocycles. The van der Waals surface area contributed by atoms with Crippen LogP contribution in [0.5, 0.6) is 0 Å². The number of rotatable bonds is 5. The summed E-state index contributed by atoms with van der Waals surface area (Å²) in [6.45, 7) is 1.21. The van der Waals surface area contributed by atoms with E-state index in [0.717, 1.165) is 11.3 Å². The molecule has 0 aliphatic rings. The number of aliphatic hydroxyl groups is 1. The van der Waals surface area contributed by atoms with E-state index in [9.17, 15) is 4.39 Å². The zero-order valence-electron chi connectivity index (χ0n) is 9.73. The van der Waals surface area contributed by atoms with Crippen molar-refractivity contribution >= 4 is 12.4 Å². The Morgan fingerprint density at radius 1 is 1.11 bits per heavy atom. The minimum absolute atomic E-state index is 0. The van der Waals surface area contributed by atoms with Crippen LogP contribution in [-0.4, -0.2) is 18.3 Å². The average Bonchev–Trinajstić information content (AvgIpc) is 2.79. The second-order valence-corrected chi connectivity index (χ2v) is 3.67. The number of benzene rings is 1. The molecule has 98 valence electrons. The van der Waals surface area contributed by atoms with E-state index >= 15 is 0 Å². The topological polar surface area (TPSA) is 45.4 Å². The Morgan fingerprint density at radius 3 is 2.50 bits per heavy atom. The van der Waals surface area contributed by atoms with Gasteiger partial charge in [-0.15, -0.1) is 12.4 Å². The first kappa shape index (κ1) is 14.7. The highest BCUT2D eigenvalue weighted by Gasteiger charge is 2.04. The number of nitrogens with one attached hydrogen (secondary N) is 1. The summed E-state index contributed by atoms with van der Waals surface area (Å²) < 4.78 is 18.3. The van der Waals surface area contributed by atoms with Gasteiger partial charge < -0.3 is 14.8 Å². The van der Waals surface area contributed by atoms with Crippen molar-refractivity contribution in [2.75, 3.05) is 13.2 Å². The van der Waals surface area contributed by atoms with E-state index in [1.54, 1.807) is 12.1 Å². The monoisotopic (exact) mass is 271 g/mol. The van der Waals surface area contributed by atoms with Gasteiger partial charge in [-0.2, -0.15) is 0 Å². The van der Waals surface area contributed by atoms with E-state index < -0.39 is 0 Å². The lowest BCUT2D eigenvalue weighted by Gasteiger charge is -1.99. The van der Waals surface area contributed by atoms with Gasteiger partial charge in [-0.1, -0.05) is 0 Å². The van der Waals surface area contributed by atoms with Crippen molar-refractivity contribution in [3.05, 3.63) is 48.0 Å². The Labute approximate surface area is 111 Å². The van der Waals surface area contributed by atoms with Crippen molar-refractivity contribution in [3.63, 3.8) is 0 Å². The van der Waals surface area contributed by atoms with Gasteiger partial charge in [-0.05, 0) is 36.4 Å². The van der Waals surface area contributed by atoms with Crippen LogP contribution in [0, 0.1) is 5.82 Å². The third-order valence-corrected chi connectivity index (χ3v) is 2.38. The fourth-order valence-electron chi connectivity index (χ4n) is 1.53. The third-order valence-electron chi connectivity index (χ3n) is 2.38. The van der Waals surface area contributed by atoms with E-state index in [2.05, 4.69) is 5.32 Å². The maximum absolute atomic E-state index is 12.7. The third kappa shape index (κ3) is 3.84. The van der Waals surface area contributed by atoms with E-state index in [-0.39, 0.29) is 24.8 Å². The Morgan fingerprint density at radius 2 is 1.83 bits per heavy atom. The Balaban J connectivity index is 0.00000162. The average molecular weight is 272 g/mol. The lowest BCUT2D eigenvalue weighted by atomic mass is 10.2. The van der Waals surface area contributed by atoms with Crippen molar-refractivity contribution < 1.29 is 13.9 Å². The maximum Gasteiger partial charge on any atom is 0.134 e. The van der Waals surface area contributed by atoms with Gasteiger partial charge in [0.05, 0.1) is 13.2 Å². The first-order valence-corrected chi connectivity index (χ1v) is 5.46. The molecule has 2 rings (SSSR count). The predicted octanol–water partition coefficient (Wildman–Crippen LogP) is 2.59. The molecule has 0 bridgehead atoms. The Bertz CT molecular complexity index is 470. The van der Waals surface area contributed by atoms with Gasteiger partial charge in [-0.25, -0.2) is 4.39 Å². The van der Waals surface area contributed by atoms with Gasteiger partial charge >= 0.3 is 0 Å². The van der Waals surface area contributed by atoms with Crippen LogP contribution in [0.15, 0.2) is 40.8 Å². The van der Waals surface area contributed by atoms with Crippen LogP contribution in [0.4, 0.5) is 4.39 Å². The molecular formula is C13H15ClFNO2. The first-order chi connectivity index (χ1) is 8.29. The summed E-state index contributed by atoms with van der Waals surface area (Å²) in [7, 11) is 0. The molecule has 0 spiro atoms. The molecule has 1 heterocycles. The van der Waals surface area contributed by atoms with Gasteiger partial charge in [0.25, 0.3) is 0 Å². The fraction of sp³-hybridized carbons (Fsp3) is 0.231. The van der Waals surface area contributed by atoms with E-state index in [1.807, 2.05) is 12.1 Å². The van der Waals surface area contributed by atoms with Crippen LogP contribution in [-0.2, 0) is 6.54 Å². The second-order valence-electron chi connectivity index (χ2n) is 3.67. The lowest BCUT2D eigenvalue weighted by Crippen LogP contribution is -2.16. The van der Waals surface area contributed by atoms with E-state index in [0.29, 0.717) is 18.8 Å². The lowest BCUT2D eigenvalue weighted by molar-refractivity contribution is 0.290. The number of hydrogen-bond donors (Lipinski definition) is 2. The van der Waals surface area contributed by atoms with Crippen molar-refractivity contribution in [2.24, 2.45) is 0 Å². The highest BCUT2D eigenvalue weighted by atomic mass is 35.5. The SMILES string of the molecule is Cl.OCCNCc1ccc(-c2ccc(F)cc2)o1. The predicted molar refractivity (Wildman–Crippen MR) is 70.1 cm³/mol. The van der Waals surface area contributed by atoms with Gasteiger partial charge in [0.1, 0.15) is 17.3 Å². The summed E-state index contributed by atoms with van der Waals surface area (Å²) in [5.41, 5.74) is 0.847. The summed E-state index contributed by atoms with van der Waals surface area (Å²) in [4.78, 5) is 0. The minimum atomic E-state index is -0.259. The molecule has 1 aromatic carbocycles. The number of aliphatic hydroxyl groups excluding tert-OH is 1. The molecule has 18 heavy (non-hydrogen) atoms. The molecule has 0 radical (unpaired) electrons. The molecule has 3 nitrogen and oxygen atoms in total. The summed E-state index contributed by atoms with van der Waals surface area (Å²) in [6, 6.07) is 9.88. The van der Waals surface area contributed by atoms with E-state index in [4.69, 9.17) is 9.52 Å². The highest BCUT2D eigenvalue weighted by Crippen LogP contribution is 2.22. The smallest absolute Gasteiger partial charge is 0.134 e. The zero-order chi connectivity index (χ0) is 12.1. The van der Waals surface area contributed by atoms with Crippen molar-refractivity contribution in [1.82, 2.24) is 5.32 Å². The Kier molecular flexibility index (Phi) is 5.85. The standard InChI is InChI=1S/C13H14FNO2.ClH/c14-11-3-1-10(2-4-11)13-6-5-12(17-13)9-15-7-8-16;/h1-6,15-16H,7-9H2;1H. The van der Waals surface area contributed by atoms with Gasteiger partial charge in [-0.3, -0.25) is 0 Å². The van der Waals surface area contributed by atoms with Crippen LogP contribution in [0.25, 0.3) is 11.3 Å². The minimum Gasteiger partial charge on any atom is -0.460 e. The molecule has 0 saturated carbocycles. The molecule has 0 amide bonds. The molecule has 2 N–H and O–H groups in total. The molecule has 5 heteroatoms.